The number of hydrogen-bond donors (Lipinski definition) is 2. The Morgan fingerprint density at radius 1 is 1.14 bits per heavy atom. The molecule has 0 aromatic heterocycles. The molecule has 0 bridgehead atoms. The van der Waals surface area contributed by atoms with Crippen LogP contribution in [0, 0.1) is 13.8 Å². The van der Waals surface area contributed by atoms with Crippen LogP contribution in [0.5, 0.6) is 0 Å². The standard InChI is InChI=1S/C17H17NO2S/c1-10-3-5-12(6-4-10)17(21)14-8-11(2)7-13(16(14)18)9-15(19)20/h3-8H,9,18H2,1-2H3,(H,19,20). The van der Waals surface area contributed by atoms with E-state index in [1.165, 1.54) is 0 Å². The molecule has 2 aromatic carbocycles. The van der Waals surface area contributed by atoms with E-state index in [9.17, 15) is 4.79 Å². The molecule has 3 N–H and O–H groups in total. The van der Waals surface area contributed by atoms with Gasteiger partial charge in [0, 0.05) is 11.3 Å². The van der Waals surface area contributed by atoms with Crippen molar-refractivity contribution in [2.75, 3.05) is 5.73 Å². The predicted molar refractivity (Wildman–Crippen MR) is 88.9 cm³/mol. The van der Waals surface area contributed by atoms with Crippen LogP contribution in [-0.4, -0.2) is 15.9 Å². The second-order valence-corrected chi connectivity index (χ2v) is 5.56. The van der Waals surface area contributed by atoms with E-state index in [4.69, 9.17) is 23.1 Å². The van der Waals surface area contributed by atoms with E-state index in [1.54, 1.807) is 6.07 Å². The Kier molecular flexibility index (Phi) is 4.38. The number of carboxylic acid groups (broad SMARTS) is 1. The number of carbonyl (C=O) groups is 1. The molecule has 21 heavy (non-hydrogen) atoms. The lowest BCUT2D eigenvalue weighted by molar-refractivity contribution is -0.136. The first-order valence-corrected chi connectivity index (χ1v) is 7.01. The molecule has 3 nitrogen and oxygen atoms in total. The van der Waals surface area contributed by atoms with Crippen molar-refractivity contribution < 1.29 is 9.90 Å². The Morgan fingerprint density at radius 2 is 1.76 bits per heavy atom. The van der Waals surface area contributed by atoms with Gasteiger partial charge in [0.05, 0.1) is 11.3 Å². The Bertz CT molecular complexity index is 705. The van der Waals surface area contributed by atoms with Gasteiger partial charge in [0.15, 0.2) is 0 Å². The molecule has 0 saturated heterocycles. The van der Waals surface area contributed by atoms with Crippen molar-refractivity contribution >= 4 is 28.7 Å². The summed E-state index contributed by atoms with van der Waals surface area (Å²) < 4.78 is 0. The molecule has 0 aliphatic heterocycles. The van der Waals surface area contributed by atoms with Gasteiger partial charge in [0.25, 0.3) is 0 Å². The summed E-state index contributed by atoms with van der Waals surface area (Å²) in [4.78, 5) is 11.6. The molecule has 0 aliphatic carbocycles. The molecule has 0 atom stereocenters. The second kappa shape index (κ2) is 6.06. The van der Waals surface area contributed by atoms with Gasteiger partial charge < -0.3 is 10.8 Å². The molecule has 0 spiro atoms. The van der Waals surface area contributed by atoms with Gasteiger partial charge in [0.1, 0.15) is 0 Å². The van der Waals surface area contributed by atoms with Gasteiger partial charge in [-0.25, -0.2) is 0 Å². The highest BCUT2D eigenvalue weighted by Crippen LogP contribution is 2.24. The van der Waals surface area contributed by atoms with Crippen molar-refractivity contribution in [3.8, 4) is 0 Å². The quantitative estimate of drug-likeness (QED) is 0.516. The van der Waals surface area contributed by atoms with Crippen LogP contribution in [0.15, 0.2) is 36.4 Å². The molecular formula is C17H17NO2S. The minimum atomic E-state index is -0.903. The van der Waals surface area contributed by atoms with E-state index >= 15 is 0 Å². The summed E-state index contributed by atoms with van der Waals surface area (Å²) >= 11 is 5.52. The maximum atomic E-state index is 10.9. The molecule has 0 radical (unpaired) electrons. The molecule has 4 heteroatoms. The van der Waals surface area contributed by atoms with Crippen LogP contribution in [0.4, 0.5) is 5.69 Å². The zero-order valence-corrected chi connectivity index (χ0v) is 12.8. The number of anilines is 1. The largest absolute Gasteiger partial charge is 0.481 e. The summed E-state index contributed by atoms with van der Waals surface area (Å²) in [5, 5.41) is 8.97. The number of carboxylic acids is 1. The van der Waals surface area contributed by atoms with Gasteiger partial charge in [-0.1, -0.05) is 53.7 Å². The number of aliphatic carboxylic acids is 1. The maximum Gasteiger partial charge on any atom is 0.307 e. The number of hydrogen-bond acceptors (Lipinski definition) is 3. The first-order chi connectivity index (χ1) is 9.88. The molecule has 0 fully saturated rings. The number of nitrogens with two attached hydrogens (primary N) is 1. The molecule has 0 saturated carbocycles. The Hall–Kier alpha value is -2.20. The minimum Gasteiger partial charge on any atom is -0.481 e. The average molecular weight is 299 g/mol. The summed E-state index contributed by atoms with van der Waals surface area (Å²) in [6.45, 7) is 3.92. The van der Waals surface area contributed by atoms with Crippen LogP contribution in [0.25, 0.3) is 0 Å². The summed E-state index contributed by atoms with van der Waals surface area (Å²) in [6.07, 6.45) is -0.100. The summed E-state index contributed by atoms with van der Waals surface area (Å²) in [7, 11) is 0. The number of nitrogen functional groups attached to an aromatic ring is 1. The normalized spacial score (nSPS) is 10.4. The topological polar surface area (TPSA) is 63.3 Å². The van der Waals surface area contributed by atoms with Crippen LogP contribution in [-0.2, 0) is 11.2 Å². The molecule has 0 amide bonds. The van der Waals surface area contributed by atoms with Crippen LogP contribution in [0.1, 0.15) is 27.8 Å². The third-order valence-electron chi connectivity index (χ3n) is 3.31. The SMILES string of the molecule is Cc1ccc(C(=S)c2cc(C)cc(CC(=O)O)c2N)cc1. The second-order valence-electron chi connectivity index (χ2n) is 5.15. The van der Waals surface area contributed by atoms with Crippen LogP contribution >= 0.6 is 12.2 Å². The van der Waals surface area contributed by atoms with Gasteiger partial charge in [0.2, 0.25) is 0 Å². The summed E-state index contributed by atoms with van der Waals surface area (Å²) in [6, 6.07) is 11.6. The fourth-order valence-corrected chi connectivity index (χ4v) is 2.54. The van der Waals surface area contributed by atoms with Crippen molar-refractivity contribution in [1.82, 2.24) is 0 Å². The van der Waals surface area contributed by atoms with E-state index in [0.29, 0.717) is 16.1 Å². The molecule has 2 aromatic rings. The van der Waals surface area contributed by atoms with Crippen LogP contribution < -0.4 is 5.73 Å². The van der Waals surface area contributed by atoms with Crippen LogP contribution in [0.2, 0.25) is 0 Å². The lowest BCUT2D eigenvalue weighted by Crippen LogP contribution is -2.10. The highest BCUT2D eigenvalue weighted by Gasteiger charge is 2.14. The molecule has 0 unspecified atom stereocenters. The monoisotopic (exact) mass is 299 g/mol. The smallest absolute Gasteiger partial charge is 0.307 e. The third kappa shape index (κ3) is 3.47. The van der Waals surface area contributed by atoms with E-state index in [1.807, 2.05) is 44.2 Å². The maximum absolute atomic E-state index is 10.9. The Balaban J connectivity index is 2.47. The van der Waals surface area contributed by atoms with Crippen molar-refractivity contribution in [1.29, 1.82) is 0 Å². The molecular weight excluding hydrogens is 282 g/mol. The van der Waals surface area contributed by atoms with E-state index in [0.717, 1.165) is 22.3 Å². The first kappa shape index (κ1) is 15.2. The van der Waals surface area contributed by atoms with Gasteiger partial charge in [-0.2, -0.15) is 0 Å². The molecule has 0 aliphatic rings. The number of benzene rings is 2. The molecule has 0 heterocycles. The van der Waals surface area contributed by atoms with Crippen molar-refractivity contribution in [3.05, 3.63) is 64.2 Å². The Morgan fingerprint density at radius 3 is 2.33 bits per heavy atom. The van der Waals surface area contributed by atoms with Crippen LogP contribution in [0.3, 0.4) is 0 Å². The molecule has 108 valence electrons. The predicted octanol–water partition coefficient (Wildman–Crippen LogP) is 3.28. The Labute approximate surface area is 129 Å². The van der Waals surface area contributed by atoms with Gasteiger partial charge in [-0.15, -0.1) is 0 Å². The average Bonchev–Trinajstić information content (AvgIpc) is 2.42. The van der Waals surface area contributed by atoms with Crippen molar-refractivity contribution in [2.24, 2.45) is 0 Å². The lowest BCUT2D eigenvalue weighted by Gasteiger charge is -2.13. The first-order valence-electron chi connectivity index (χ1n) is 6.60. The van der Waals surface area contributed by atoms with Gasteiger partial charge in [-0.3, -0.25) is 4.79 Å². The van der Waals surface area contributed by atoms with E-state index < -0.39 is 5.97 Å². The summed E-state index contributed by atoms with van der Waals surface area (Å²) in [5.41, 5.74) is 10.9. The highest BCUT2D eigenvalue weighted by atomic mass is 32.1. The fraction of sp³-hybridized carbons (Fsp3) is 0.176. The van der Waals surface area contributed by atoms with Gasteiger partial charge in [-0.05, 0) is 31.0 Å². The summed E-state index contributed by atoms with van der Waals surface area (Å²) in [5.74, 6) is -0.903. The van der Waals surface area contributed by atoms with Crippen molar-refractivity contribution in [3.63, 3.8) is 0 Å². The number of thiocarbonyl (C=S) groups is 1. The third-order valence-corrected chi connectivity index (χ3v) is 3.77. The fourth-order valence-electron chi connectivity index (χ4n) is 2.23. The molecule has 2 rings (SSSR count). The lowest BCUT2D eigenvalue weighted by atomic mass is 9.96. The zero-order chi connectivity index (χ0) is 15.6. The van der Waals surface area contributed by atoms with Crippen molar-refractivity contribution in [2.45, 2.75) is 20.3 Å². The number of aryl methyl sites for hydroxylation is 2. The zero-order valence-electron chi connectivity index (χ0n) is 12.0. The highest BCUT2D eigenvalue weighted by molar-refractivity contribution is 7.81. The number of rotatable bonds is 4. The van der Waals surface area contributed by atoms with E-state index in [-0.39, 0.29) is 6.42 Å². The van der Waals surface area contributed by atoms with E-state index in [2.05, 4.69) is 0 Å². The van der Waals surface area contributed by atoms with Gasteiger partial charge >= 0.3 is 5.97 Å². The minimum absolute atomic E-state index is 0.100.